The molecule has 0 radical (unpaired) electrons. The predicted octanol–water partition coefficient (Wildman–Crippen LogP) is 5.42. The highest BCUT2D eigenvalue weighted by atomic mass is 16.3. The summed E-state index contributed by atoms with van der Waals surface area (Å²) in [5.74, 6) is 1.33. The number of aliphatic hydroxyl groups excluding tert-OH is 1. The first kappa shape index (κ1) is 16.5. The quantitative estimate of drug-likeness (QED) is 0.672. The summed E-state index contributed by atoms with van der Waals surface area (Å²) in [6, 6.07) is 0. The molecule has 0 aromatic rings. The van der Waals surface area contributed by atoms with E-state index in [2.05, 4.69) is 39.5 Å². The summed E-state index contributed by atoms with van der Waals surface area (Å²) in [6.45, 7) is 11.4. The number of rotatable bonds is 2. The summed E-state index contributed by atoms with van der Waals surface area (Å²) in [7, 11) is 0. The van der Waals surface area contributed by atoms with Crippen molar-refractivity contribution in [2.45, 2.75) is 65.7 Å². The van der Waals surface area contributed by atoms with E-state index in [-0.39, 0.29) is 6.61 Å². The van der Waals surface area contributed by atoms with Gasteiger partial charge in [0.15, 0.2) is 0 Å². The van der Waals surface area contributed by atoms with E-state index in [1.807, 2.05) is 0 Å². The highest BCUT2D eigenvalue weighted by molar-refractivity contribution is 5.14. The fourth-order valence-corrected chi connectivity index (χ4v) is 4.29. The van der Waals surface area contributed by atoms with Crippen molar-refractivity contribution >= 4 is 0 Å². The Hall–Kier alpha value is -0.820. The lowest BCUT2D eigenvalue weighted by molar-refractivity contribution is 0.208. The van der Waals surface area contributed by atoms with Gasteiger partial charge in [0.25, 0.3) is 0 Å². The molecule has 118 valence electrons. The molecular formula is C20H32O. The Morgan fingerprint density at radius 2 is 2.14 bits per heavy atom. The first-order chi connectivity index (χ1) is 9.96. The van der Waals surface area contributed by atoms with Crippen molar-refractivity contribution in [1.82, 2.24) is 0 Å². The minimum atomic E-state index is 0.226. The van der Waals surface area contributed by atoms with Crippen LogP contribution in [0.5, 0.6) is 0 Å². The summed E-state index contributed by atoms with van der Waals surface area (Å²) in [5, 5.41) is 9.59. The van der Waals surface area contributed by atoms with Gasteiger partial charge in [-0.25, -0.2) is 0 Å². The molecule has 0 unspecified atom stereocenters. The molecule has 0 spiro atoms. The smallest absolute Gasteiger partial charge is 0.0641 e. The van der Waals surface area contributed by atoms with Crippen LogP contribution < -0.4 is 0 Å². The second kappa shape index (κ2) is 6.96. The van der Waals surface area contributed by atoms with Crippen LogP contribution in [0.25, 0.3) is 0 Å². The Labute approximate surface area is 130 Å². The van der Waals surface area contributed by atoms with Crippen LogP contribution in [-0.4, -0.2) is 11.7 Å². The normalized spacial score (nSPS) is 39.4. The van der Waals surface area contributed by atoms with E-state index in [0.29, 0.717) is 17.3 Å². The summed E-state index contributed by atoms with van der Waals surface area (Å²) >= 11 is 0. The van der Waals surface area contributed by atoms with Crippen LogP contribution in [0.4, 0.5) is 0 Å². The van der Waals surface area contributed by atoms with E-state index in [0.717, 1.165) is 12.8 Å². The molecule has 0 bridgehead atoms. The molecular weight excluding hydrogens is 256 g/mol. The van der Waals surface area contributed by atoms with Crippen molar-refractivity contribution in [3.05, 3.63) is 35.5 Å². The summed E-state index contributed by atoms with van der Waals surface area (Å²) in [5.41, 5.74) is 4.50. The molecule has 0 amide bonds. The molecule has 1 fully saturated rings. The first-order valence-corrected chi connectivity index (χ1v) is 8.56. The van der Waals surface area contributed by atoms with Gasteiger partial charge in [0.05, 0.1) is 6.61 Å². The number of hydrogen-bond acceptors (Lipinski definition) is 1. The minimum Gasteiger partial charge on any atom is -0.392 e. The zero-order chi connectivity index (χ0) is 15.5. The molecule has 0 aliphatic heterocycles. The molecule has 1 heteroatoms. The highest BCUT2D eigenvalue weighted by Gasteiger charge is 2.43. The zero-order valence-electron chi connectivity index (χ0n) is 14.1. The van der Waals surface area contributed by atoms with Crippen LogP contribution in [0.15, 0.2) is 35.5 Å². The molecule has 1 nitrogen and oxygen atoms in total. The van der Waals surface area contributed by atoms with Crippen molar-refractivity contribution in [3.63, 3.8) is 0 Å². The van der Waals surface area contributed by atoms with Gasteiger partial charge in [0.2, 0.25) is 0 Å². The molecule has 21 heavy (non-hydrogen) atoms. The predicted molar refractivity (Wildman–Crippen MR) is 91.1 cm³/mol. The summed E-state index contributed by atoms with van der Waals surface area (Å²) in [4.78, 5) is 0. The third-order valence-electron chi connectivity index (χ3n) is 5.89. The van der Waals surface area contributed by atoms with Gasteiger partial charge < -0.3 is 5.11 Å². The lowest BCUT2D eigenvalue weighted by Crippen LogP contribution is -2.25. The molecule has 0 aromatic heterocycles. The average Bonchev–Trinajstić information content (AvgIpc) is 2.76. The van der Waals surface area contributed by atoms with Crippen molar-refractivity contribution in [2.24, 2.45) is 17.3 Å². The van der Waals surface area contributed by atoms with E-state index in [9.17, 15) is 5.11 Å². The molecule has 2 aliphatic carbocycles. The summed E-state index contributed by atoms with van der Waals surface area (Å²) in [6.07, 6.45) is 13.1. The second-order valence-electron chi connectivity index (χ2n) is 7.62. The van der Waals surface area contributed by atoms with Gasteiger partial charge >= 0.3 is 0 Å². The van der Waals surface area contributed by atoms with E-state index in [4.69, 9.17) is 0 Å². The fraction of sp³-hybridized carbons (Fsp3) is 0.700. The van der Waals surface area contributed by atoms with Crippen LogP contribution in [-0.2, 0) is 0 Å². The van der Waals surface area contributed by atoms with Crippen LogP contribution in [0.2, 0.25) is 0 Å². The maximum absolute atomic E-state index is 9.59. The Kier molecular flexibility index (Phi) is 5.48. The molecule has 1 saturated carbocycles. The molecule has 0 saturated heterocycles. The van der Waals surface area contributed by atoms with E-state index >= 15 is 0 Å². The lowest BCUT2D eigenvalue weighted by Gasteiger charge is -2.33. The van der Waals surface area contributed by atoms with Crippen molar-refractivity contribution in [2.75, 3.05) is 6.61 Å². The largest absolute Gasteiger partial charge is 0.392 e. The first-order valence-electron chi connectivity index (χ1n) is 8.56. The zero-order valence-corrected chi connectivity index (χ0v) is 14.1. The topological polar surface area (TPSA) is 20.2 Å². The lowest BCUT2D eigenvalue weighted by atomic mass is 9.71. The third-order valence-corrected chi connectivity index (χ3v) is 5.89. The van der Waals surface area contributed by atoms with E-state index in [1.54, 1.807) is 0 Å². The summed E-state index contributed by atoms with van der Waals surface area (Å²) < 4.78 is 0. The average molecular weight is 288 g/mol. The van der Waals surface area contributed by atoms with E-state index < -0.39 is 0 Å². The standard InChI is InChI=1S/C20H32O/c1-15(2)18-11-13-20(4)12-10-16(3)6-5-7-17(14-21)8-9-19(18)20/h8,10,18-19,21H,1,5-7,9,11-14H2,2-4H3/b16-10+,17-8-/t18-,19+,20+/m1/s1. The molecule has 2 aliphatic rings. The van der Waals surface area contributed by atoms with Crippen molar-refractivity contribution in [3.8, 4) is 0 Å². The Balaban J connectivity index is 2.29. The van der Waals surface area contributed by atoms with Crippen LogP contribution in [0.3, 0.4) is 0 Å². The van der Waals surface area contributed by atoms with Crippen molar-refractivity contribution < 1.29 is 5.11 Å². The van der Waals surface area contributed by atoms with Crippen LogP contribution in [0, 0.1) is 17.3 Å². The molecule has 0 aromatic carbocycles. The maximum Gasteiger partial charge on any atom is 0.0641 e. The molecule has 0 heterocycles. The molecule has 2 rings (SSSR count). The van der Waals surface area contributed by atoms with Crippen molar-refractivity contribution in [1.29, 1.82) is 0 Å². The van der Waals surface area contributed by atoms with Gasteiger partial charge in [-0.3, -0.25) is 0 Å². The van der Waals surface area contributed by atoms with E-state index in [1.165, 1.54) is 48.8 Å². The van der Waals surface area contributed by atoms with Gasteiger partial charge in [-0.05, 0) is 81.6 Å². The number of fused-ring (bicyclic) bond motifs is 1. The fourth-order valence-electron chi connectivity index (χ4n) is 4.29. The second-order valence-corrected chi connectivity index (χ2v) is 7.62. The number of aliphatic hydroxyl groups is 1. The molecule has 1 N–H and O–H groups in total. The van der Waals surface area contributed by atoms with Gasteiger partial charge in [-0.2, -0.15) is 0 Å². The monoisotopic (exact) mass is 288 g/mol. The van der Waals surface area contributed by atoms with Gasteiger partial charge in [0, 0.05) is 0 Å². The maximum atomic E-state index is 9.59. The minimum absolute atomic E-state index is 0.226. The molecule has 3 atom stereocenters. The van der Waals surface area contributed by atoms with Crippen LogP contribution >= 0.6 is 0 Å². The van der Waals surface area contributed by atoms with Gasteiger partial charge in [0.1, 0.15) is 0 Å². The van der Waals surface area contributed by atoms with Gasteiger partial charge in [-0.1, -0.05) is 36.8 Å². The Morgan fingerprint density at radius 3 is 2.81 bits per heavy atom. The SMILES string of the molecule is C=C(C)[C@H]1CC[C@]2(C)C/C=C(\C)CCC/C(CO)=C/C[C@@H]12. The number of allylic oxidation sites excluding steroid dienone is 4. The van der Waals surface area contributed by atoms with Crippen LogP contribution in [0.1, 0.15) is 65.7 Å². The highest BCUT2D eigenvalue weighted by Crippen LogP contribution is 2.53. The third kappa shape index (κ3) is 3.88. The number of hydrogen-bond donors (Lipinski definition) is 1. The Bertz CT molecular complexity index is 443. The van der Waals surface area contributed by atoms with Gasteiger partial charge in [-0.15, -0.1) is 0 Å². The Morgan fingerprint density at radius 1 is 1.38 bits per heavy atom.